The van der Waals surface area contributed by atoms with Gasteiger partial charge in [0.1, 0.15) is 10.8 Å². The summed E-state index contributed by atoms with van der Waals surface area (Å²) in [6.07, 6.45) is -4.02. The number of nitrogens with zero attached hydrogens (tertiary/aromatic N) is 1. The second kappa shape index (κ2) is 10.2. The summed E-state index contributed by atoms with van der Waals surface area (Å²) in [5.41, 5.74) is 1.73. The number of ether oxygens (including phenoxy) is 2. The van der Waals surface area contributed by atoms with Crippen LogP contribution in [-0.2, 0) is 22.1 Å². The zero-order chi connectivity index (χ0) is 24.2. The van der Waals surface area contributed by atoms with E-state index in [1.54, 1.807) is 39.0 Å². The highest BCUT2D eigenvalue weighted by atomic mass is 32.1. The molecule has 0 amide bonds. The molecule has 0 radical (unpaired) electrons. The molecular formula is C24H22F3NO4S. The summed E-state index contributed by atoms with van der Waals surface area (Å²) in [5, 5.41) is 0.561. The standard InChI is InChI=1S/C24H22F3NO4S/c1-4-22(30)32-13-31-20-10-7-17(11-14(20)2)19(29)12-21-15(3)28-23(33-21)16-5-8-18(9-6-16)24(25,26)27/h5-11H,4,12-13H2,1-3H3. The predicted octanol–water partition coefficient (Wildman–Crippen LogP) is 6.16. The number of halogens is 3. The van der Waals surface area contributed by atoms with E-state index in [4.69, 9.17) is 9.47 Å². The lowest BCUT2D eigenvalue weighted by Crippen LogP contribution is -2.10. The number of Topliss-reactive ketones (excluding diaryl/α,β-unsaturated/α-hetero) is 1. The molecular weight excluding hydrogens is 455 g/mol. The molecule has 174 valence electrons. The molecule has 0 aliphatic heterocycles. The van der Waals surface area contributed by atoms with Crippen molar-refractivity contribution >= 4 is 23.1 Å². The number of carbonyl (C=O) groups is 2. The maximum Gasteiger partial charge on any atom is 0.416 e. The van der Waals surface area contributed by atoms with E-state index in [1.807, 2.05) is 0 Å². The third-order valence-corrected chi connectivity index (χ3v) is 6.10. The number of aromatic nitrogens is 1. The Morgan fingerprint density at radius 2 is 1.76 bits per heavy atom. The number of alkyl halides is 3. The summed E-state index contributed by atoms with van der Waals surface area (Å²) in [6, 6.07) is 9.79. The van der Waals surface area contributed by atoms with Crippen LogP contribution in [0.2, 0.25) is 0 Å². The number of hydrogen-bond acceptors (Lipinski definition) is 6. The van der Waals surface area contributed by atoms with Crippen molar-refractivity contribution in [3.8, 4) is 16.3 Å². The molecule has 0 N–H and O–H groups in total. The van der Waals surface area contributed by atoms with Crippen LogP contribution in [0.5, 0.6) is 5.75 Å². The molecule has 0 saturated heterocycles. The van der Waals surface area contributed by atoms with Crippen LogP contribution in [-0.4, -0.2) is 23.5 Å². The van der Waals surface area contributed by atoms with Gasteiger partial charge in [-0.15, -0.1) is 11.3 Å². The molecule has 0 atom stereocenters. The van der Waals surface area contributed by atoms with Crippen molar-refractivity contribution in [3.05, 3.63) is 69.7 Å². The molecule has 3 aromatic rings. The Morgan fingerprint density at radius 1 is 1.06 bits per heavy atom. The van der Waals surface area contributed by atoms with Crippen LogP contribution in [0.3, 0.4) is 0 Å². The van der Waals surface area contributed by atoms with Gasteiger partial charge < -0.3 is 9.47 Å². The van der Waals surface area contributed by atoms with Crippen molar-refractivity contribution < 1.29 is 32.2 Å². The van der Waals surface area contributed by atoms with E-state index in [-0.39, 0.29) is 31.4 Å². The monoisotopic (exact) mass is 477 g/mol. The van der Waals surface area contributed by atoms with Gasteiger partial charge in [0.15, 0.2) is 5.78 Å². The second-order valence-electron chi connectivity index (χ2n) is 7.32. The highest BCUT2D eigenvalue weighted by Gasteiger charge is 2.30. The summed E-state index contributed by atoms with van der Waals surface area (Å²) in [6.45, 7) is 5.04. The van der Waals surface area contributed by atoms with Gasteiger partial charge in [-0.25, -0.2) is 4.98 Å². The van der Waals surface area contributed by atoms with Crippen LogP contribution in [0, 0.1) is 13.8 Å². The maximum absolute atomic E-state index is 12.8. The smallest absolute Gasteiger partial charge is 0.416 e. The fourth-order valence-electron chi connectivity index (χ4n) is 3.01. The SMILES string of the molecule is CCC(=O)OCOc1ccc(C(=O)Cc2sc(-c3ccc(C(F)(F)F)cc3)nc2C)cc1C. The molecule has 0 unspecified atom stereocenters. The number of rotatable bonds is 8. The minimum absolute atomic E-state index is 0.118. The third kappa shape index (κ3) is 6.19. The van der Waals surface area contributed by atoms with Gasteiger partial charge in [0.25, 0.3) is 0 Å². The van der Waals surface area contributed by atoms with Gasteiger partial charge in [-0.05, 0) is 49.7 Å². The van der Waals surface area contributed by atoms with Gasteiger partial charge in [0.05, 0.1) is 11.3 Å². The van der Waals surface area contributed by atoms with E-state index in [0.717, 1.165) is 22.6 Å². The number of hydrogen-bond donors (Lipinski definition) is 0. The number of benzene rings is 2. The largest absolute Gasteiger partial charge is 0.457 e. The van der Waals surface area contributed by atoms with Crippen molar-refractivity contribution in [1.29, 1.82) is 0 Å². The minimum Gasteiger partial charge on any atom is -0.457 e. The van der Waals surface area contributed by atoms with Gasteiger partial charge in [0, 0.05) is 28.8 Å². The Balaban J connectivity index is 1.69. The van der Waals surface area contributed by atoms with Crippen LogP contribution in [0.25, 0.3) is 10.6 Å². The summed E-state index contributed by atoms with van der Waals surface area (Å²) in [7, 11) is 0. The fourth-order valence-corrected chi connectivity index (χ4v) is 4.08. The topological polar surface area (TPSA) is 65.5 Å². The lowest BCUT2D eigenvalue weighted by molar-refractivity contribution is -0.149. The van der Waals surface area contributed by atoms with Crippen molar-refractivity contribution in [2.24, 2.45) is 0 Å². The van der Waals surface area contributed by atoms with E-state index < -0.39 is 11.7 Å². The molecule has 0 aliphatic carbocycles. The molecule has 0 aliphatic rings. The van der Waals surface area contributed by atoms with Crippen molar-refractivity contribution in [2.45, 2.75) is 39.8 Å². The average molecular weight is 478 g/mol. The lowest BCUT2D eigenvalue weighted by Gasteiger charge is -2.10. The maximum atomic E-state index is 12.8. The molecule has 9 heteroatoms. The Hall–Kier alpha value is -3.20. The first-order chi connectivity index (χ1) is 15.6. The Bertz CT molecular complexity index is 1150. The lowest BCUT2D eigenvalue weighted by atomic mass is 10.0. The van der Waals surface area contributed by atoms with Crippen LogP contribution in [0.15, 0.2) is 42.5 Å². The van der Waals surface area contributed by atoms with Gasteiger partial charge >= 0.3 is 12.1 Å². The van der Waals surface area contributed by atoms with E-state index >= 15 is 0 Å². The summed E-state index contributed by atoms with van der Waals surface area (Å²) < 4.78 is 48.7. The fraction of sp³-hybridized carbons (Fsp3) is 0.292. The highest BCUT2D eigenvalue weighted by molar-refractivity contribution is 7.15. The molecule has 0 saturated carbocycles. The first-order valence-electron chi connectivity index (χ1n) is 10.1. The van der Waals surface area contributed by atoms with Crippen molar-refractivity contribution in [1.82, 2.24) is 4.98 Å². The van der Waals surface area contributed by atoms with Gasteiger partial charge in [-0.2, -0.15) is 13.2 Å². The highest BCUT2D eigenvalue weighted by Crippen LogP contribution is 2.33. The Labute approximate surface area is 193 Å². The third-order valence-electron chi connectivity index (χ3n) is 4.89. The average Bonchev–Trinajstić information content (AvgIpc) is 3.14. The summed E-state index contributed by atoms with van der Waals surface area (Å²) in [4.78, 5) is 29.2. The van der Waals surface area contributed by atoms with Gasteiger partial charge in [-0.3, -0.25) is 9.59 Å². The number of esters is 1. The summed E-state index contributed by atoms with van der Waals surface area (Å²) >= 11 is 1.29. The van der Waals surface area contributed by atoms with Crippen LogP contribution < -0.4 is 4.74 Å². The normalized spacial score (nSPS) is 11.3. The number of aryl methyl sites for hydroxylation is 2. The van der Waals surface area contributed by atoms with E-state index in [0.29, 0.717) is 27.6 Å². The van der Waals surface area contributed by atoms with E-state index in [9.17, 15) is 22.8 Å². The van der Waals surface area contributed by atoms with Crippen LogP contribution in [0.4, 0.5) is 13.2 Å². The predicted molar refractivity (Wildman–Crippen MR) is 118 cm³/mol. The van der Waals surface area contributed by atoms with Gasteiger partial charge in [-0.1, -0.05) is 19.1 Å². The number of thiazole rings is 1. The molecule has 0 bridgehead atoms. The number of carbonyl (C=O) groups excluding carboxylic acids is 2. The zero-order valence-corrected chi connectivity index (χ0v) is 19.1. The van der Waals surface area contributed by atoms with Crippen LogP contribution in [0.1, 0.15) is 45.4 Å². The molecule has 2 aromatic carbocycles. The number of ketones is 1. The Morgan fingerprint density at radius 3 is 2.36 bits per heavy atom. The molecule has 3 rings (SSSR count). The zero-order valence-electron chi connectivity index (χ0n) is 18.3. The minimum atomic E-state index is -4.40. The second-order valence-corrected chi connectivity index (χ2v) is 8.40. The van der Waals surface area contributed by atoms with E-state index in [2.05, 4.69) is 4.98 Å². The summed E-state index contributed by atoms with van der Waals surface area (Å²) in [5.74, 6) is 0.0248. The van der Waals surface area contributed by atoms with E-state index in [1.165, 1.54) is 23.5 Å². The quantitative estimate of drug-likeness (QED) is 0.221. The molecule has 0 spiro atoms. The molecule has 0 fully saturated rings. The molecule has 1 heterocycles. The molecule has 33 heavy (non-hydrogen) atoms. The Kier molecular flexibility index (Phi) is 7.53. The molecule has 1 aromatic heterocycles. The first-order valence-corrected chi connectivity index (χ1v) is 11.0. The van der Waals surface area contributed by atoms with Gasteiger partial charge in [0.2, 0.25) is 6.79 Å². The van der Waals surface area contributed by atoms with Crippen molar-refractivity contribution in [3.63, 3.8) is 0 Å². The van der Waals surface area contributed by atoms with Crippen LogP contribution >= 0.6 is 11.3 Å². The first kappa shape index (κ1) is 24.4. The van der Waals surface area contributed by atoms with Crippen molar-refractivity contribution in [2.75, 3.05) is 6.79 Å². The molecule has 5 nitrogen and oxygen atoms in total.